The zero-order valence-electron chi connectivity index (χ0n) is 7.59. The summed E-state index contributed by atoms with van der Waals surface area (Å²) in [5, 5.41) is 0. The normalized spacial score (nSPS) is 14.5. The molecule has 0 saturated carbocycles. The third-order valence-electron chi connectivity index (χ3n) is 2.42. The standard InChI is InChI=1S/C11H13N/c1-8-7-10-5-3-4-6-11(10)12-9(8)2/h3,5,7H,4,6H2,1-2H3. The summed E-state index contributed by atoms with van der Waals surface area (Å²) in [4.78, 5) is 4.56. The zero-order valence-corrected chi connectivity index (χ0v) is 7.59. The number of aromatic nitrogens is 1. The summed E-state index contributed by atoms with van der Waals surface area (Å²) in [6.07, 6.45) is 6.65. The molecule has 0 atom stereocenters. The van der Waals surface area contributed by atoms with Gasteiger partial charge in [0.2, 0.25) is 0 Å². The van der Waals surface area contributed by atoms with Crippen LogP contribution in [-0.4, -0.2) is 4.98 Å². The molecule has 1 nitrogen and oxygen atoms in total. The van der Waals surface area contributed by atoms with Crippen molar-refractivity contribution < 1.29 is 0 Å². The van der Waals surface area contributed by atoms with Gasteiger partial charge in [-0.3, -0.25) is 4.98 Å². The van der Waals surface area contributed by atoms with Crippen LogP contribution in [0.3, 0.4) is 0 Å². The van der Waals surface area contributed by atoms with Crippen molar-refractivity contribution in [2.75, 3.05) is 0 Å². The second-order valence-corrected chi connectivity index (χ2v) is 3.37. The minimum atomic E-state index is 1.10. The lowest BCUT2D eigenvalue weighted by molar-refractivity contribution is 0.907. The molecule has 1 aromatic heterocycles. The van der Waals surface area contributed by atoms with Crippen LogP contribution in [0.2, 0.25) is 0 Å². The molecule has 1 aliphatic carbocycles. The first-order valence-electron chi connectivity index (χ1n) is 4.41. The van der Waals surface area contributed by atoms with E-state index in [9.17, 15) is 0 Å². The van der Waals surface area contributed by atoms with E-state index in [4.69, 9.17) is 0 Å². The smallest absolute Gasteiger partial charge is 0.0482 e. The fourth-order valence-corrected chi connectivity index (χ4v) is 1.55. The number of nitrogens with zero attached hydrogens (tertiary/aromatic N) is 1. The van der Waals surface area contributed by atoms with E-state index in [0.29, 0.717) is 0 Å². The van der Waals surface area contributed by atoms with Crippen LogP contribution in [0.15, 0.2) is 12.1 Å². The topological polar surface area (TPSA) is 12.9 Å². The Labute approximate surface area is 73.1 Å². The predicted octanol–water partition coefficient (Wildman–Crippen LogP) is 2.66. The molecule has 1 aliphatic rings. The lowest BCUT2D eigenvalue weighted by atomic mass is 10.0. The van der Waals surface area contributed by atoms with Crippen LogP contribution < -0.4 is 0 Å². The Morgan fingerprint density at radius 1 is 1.33 bits per heavy atom. The van der Waals surface area contributed by atoms with E-state index < -0.39 is 0 Å². The Morgan fingerprint density at radius 3 is 3.00 bits per heavy atom. The van der Waals surface area contributed by atoms with E-state index in [2.05, 4.69) is 37.0 Å². The van der Waals surface area contributed by atoms with Gasteiger partial charge in [0.1, 0.15) is 0 Å². The van der Waals surface area contributed by atoms with Crippen LogP contribution in [0.4, 0.5) is 0 Å². The van der Waals surface area contributed by atoms with Gasteiger partial charge >= 0.3 is 0 Å². The highest BCUT2D eigenvalue weighted by Gasteiger charge is 2.06. The lowest BCUT2D eigenvalue weighted by Gasteiger charge is -2.11. The number of pyridine rings is 1. The number of allylic oxidation sites excluding steroid dienone is 1. The molecule has 0 aliphatic heterocycles. The Kier molecular flexibility index (Phi) is 1.72. The van der Waals surface area contributed by atoms with Gasteiger partial charge in [-0.1, -0.05) is 12.2 Å². The van der Waals surface area contributed by atoms with Gasteiger partial charge in [0.15, 0.2) is 0 Å². The van der Waals surface area contributed by atoms with Gasteiger partial charge in [0.25, 0.3) is 0 Å². The molecule has 0 radical (unpaired) electrons. The summed E-state index contributed by atoms with van der Waals surface area (Å²) < 4.78 is 0. The summed E-state index contributed by atoms with van der Waals surface area (Å²) >= 11 is 0. The largest absolute Gasteiger partial charge is 0.257 e. The molecule has 62 valence electrons. The van der Waals surface area contributed by atoms with Crippen molar-refractivity contribution in [1.82, 2.24) is 4.98 Å². The summed E-state index contributed by atoms with van der Waals surface area (Å²) in [7, 11) is 0. The molecule has 0 unspecified atom stereocenters. The quantitative estimate of drug-likeness (QED) is 0.567. The first kappa shape index (κ1) is 7.53. The molecule has 0 spiro atoms. The second-order valence-electron chi connectivity index (χ2n) is 3.37. The molecule has 0 N–H and O–H groups in total. The molecule has 0 saturated heterocycles. The van der Waals surface area contributed by atoms with E-state index in [0.717, 1.165) is 12.8 Å². The number of rotatable bonds is 0. The van der Waals surface area contributed by atoms with Crippen molar-refractivity contribution >= 4 is 6.08 Å². The van der Waals surface area contributed by atoms with E-state index in [1.807, 2.05) is 0 Å². The summed E-state index contributed by atoms with van der Waals surface area (Å²) in [5.74, 6) is 0. The average molecular weight is 159 g/mol. The summed E-state index contributed by atoms with van der Waals surface area (Å²) in [6, 6.07) is 2.23. The molecule has 12 heavy (non-hydrogen) atoms. The van der Waals surface area contributed by atoms with Gasteiger partial charge in [-0.15, -0.1) is 0 Å². The molecule has 1 heterocycles. The van der Waals surface area contributed by atoms with Gasteiger partial charge in [-0.2, -0.15) is 0 Å². The predicted molar refractivity (Wildman–Crippen MR) is 51.1 cm³/mol. The Balaban J connectivity index is 2.58. The molecule has 1 heteroatoms. The van der Waals surface area contributed by atoms with Crippen molar-refractivity contribution in [3.63, 3.8) is 0 Å². The minimum absolute atomic E-state index is 1.10. The molecular weight excluding hydrogens is 146 g/mol. The summed E-state index contributed by atoms with van der Waals surface area (Å²) in [5.41, 5.74) is 5.04. The third-order valence-corrected chi connectivity index (χ3v) is 2.42. The molecule has 0 aromatic carbocycles. The van der Waals surface area contributed by atoms with Crippen LogP contribution in [0, 0.1) is 13.8 Å². The van der Waals surface area contributed by atoms with Crippen LogP contribution in [0.1, 0.15) is 28.9 Å². The highest BCUT2D eigenvalue weighted by Crippen LogP contribution is 2.19. The minimum Gasteiger partial charge on any atom is -0.257 e. The van der Waals surface area contributed by atoms with E-state index in [1.165, 1.54) is 22.5 Å². The van der Waals surface area contributed by atoms with Crippen LogP contribution in [0.25, 0.3) is 6.08 Å². The lowest BCUT2D eigenvalue weighted by Crippen LogP contribution is -2.01. The van der Waals surface area contributed by atoms with Crippen molar-refractivity contribution in [2.24, 2.45) is 0 Å². The Bertz CT molecular complexity index is 337. The maximum absolute atomic E-state index is 4.56. The van der Waals surface area contributed by atoms with Gasteiger partial charge in [0.05, 0.1) is 0 Å². The summed E-state index contributed by atoms with van der Waals surface area (Å²) in [6.45, 7) is 4.19. The van der Waals surface area contributed by atoms with Crippen LogP contribution in [-0.2, 0) is 6.42 Å². The Morgan fingerprint density at radius 2 is 2.17 bits per heavy atom. The first-order chi connectivity index (χ1) is 5.77. The maximum atomic E-state index is 4.56. The van der Waals surface area contributed by atoms with Gasteiger partial charge in [-0.05, 0) is 43.9 Å². The van der Waals surface area contributed by atoms with Crippen molar-refractivity contribution in [1.29, 1.82) is 0 Å². The first-order valence-corrected chi connectivity index (χ1v) is 4.41. The molecular formula is C11H13N. The molecule has 0 fully saturated rings. The highest BCUT2D eigenvalue weighted by atomic mass is 14.7. The third kappa shape index (κ3) is 1.15. The monoisotopic (exact) mass is 159 g/mol. The molecule has 2 rings (SSSR count). The molecule has 0 bridgehead atoms. The second kappa shape index (κ2) is 2.74. The van der Waals surface area contributed by atoms with Crippen LogP contribution >= 0.6 is 0 Å². The zero-order chi connectivity index (χ0) is 8.55. The number of aryl methyl sites for hydroxylation is 3. The SMILES string of the molecule is Cc1cc2c(nc1C)CCC=C2. The van der Waals surface area contributed by atoms with Gasteiger partial charge < -0.3 is 0 Å². The fraction of sp³-hybridized carbons (Fsp3) is 0.364. The van der Waals surface area contributed by atoms with Crippen molar-refractivity contribution in [3.05, 3.63) is 34.7 Å². The number of fused-ring (bicyclic) bond motifs is 1. The van der Waals surface area contributed by atoms with Gasteiger partial charge in [-0.25, -0.2) is 0 Å². The van der Waals surface area contributed by atoms with E-state index in [-0.39, 0.29) is 0 Å². The fourth-order valence-electron chi connectivity index (χ4n) is 1.55. The number of hydrogen-bond donors (Lipinski definition) is 0. The average Bonchev–Trinajstić information content (AvgIpc) is 2.07. The van der Waals surface area contributed by atoms with E-state index >= 15 is 0 Å². The number of hydrogen-bond acceptors (Lipinski definition) is 1. The van der Waals surface area contributed by atoms with Crippen molar-refractivity contribution in [2.45, 2.75) is 26.7 Å². The van der Waals surface area contributed by atoms with Crippen LogP contribution in [0.5, 0.6) is 0 Å². The van der Waals surface area contributed by atoms with E-state index in [1.54, 1.807) is 0 Å². The van der Waals surface area contributed by atoms with Crippen molar-refractivity contribution in [3.8, 4) is 0 Å². The molecule has 1 aromatic rings. The highest BCUT2D eigenvalue weighted by molar-refractivity contribution is 5.55. The Hall–Kier alpha value is -1.11. The molecule has 0 amide bonds. The maximum Gasteiger partial charge on any atom is 0.0482 e. The van der Waals surface area contributed by atoms with Gasteiger partial charge in [0, 0.05) is 11.4 Å².